The Kier molecular flexibility index (Phi) is 4.86. The molecule has 1 fully saturated rings. The van der Waals surface area contributed by atoms with Gasteiger partial charge >= 0.3 is 0 Å². The van der Waals surface area contributed by atoms with Gasteiger partial charge in [-0.1, -0.05) is 24.3 Å². The zero-order valence-corrected chi connectivity index (χ0v) is 13.8. The number of carbonyl (C=O) groups is 1. The third-order valence-corrected chi connectivity index (χ3v) is 4.05. The molecule has 0 aromatic heterocycles. The van der Waals surface area contributed by atoms with E-state index < -0.39 is 0 Å². The van der Waals surface area contributed by atoms with Crippen molar-refractivity contribution in [3.8, 4) is 11.5 Å². The van der Waals surface area contributed by atoms with Gasteiger partial charge in [0, 0.05) is 0 Å². The minimum Gasteiger partial charge on any atom is -0.504 e. The predicted molar refractivity (Wildman–Crippen MR) is 96.9 cm³/mol. The van der Waals surface area contributed by atoms with E-state index in [0.29, 0.717) is 18.2 Å². The summed E-state index contributed by atoms with van der Waals surface area (Å²) in [7, 11) is 0. The number of aromatic hydroxyl groups is 1. The highest BCUT2D eigenvalue weighted by molar-refractivity contribution is 8.18. The summed E-state index contributed by atoms with van der Waals surface area (Å²) in [6.07, 6.45) is 1.84. The number of nitrogens with one attached hydrogen (secondary N) is 1. The van der Waals surface area contributed by atoms with Crippen molar-refractivity contribution in [3.63, 3.8) is 0 Å². The summed E-state index contributed by atoms with van der Waals surface area (Å²) >= 11 is 1.09. The monoisotopic (exact) mass is 340 g/mol. The average molecular weight is 340 g/mol. The summed E-state index contributed by atoms with van der Waals surface area (Å²) in [5.41, 5.74) is 1.58. The number of ether oxygens (including phenoxy) is 1. The molecule has 0 radical (unpaired) electrons. The average Bonchev–Trinajstić information content (AvgIpc) is 2.91. The maximum Gasteiger partial charge on any atom is 0.289 e. The van der Waals surface area contributed by atoms with Crippen LogP contribution in [0.1, 0.15) is 12.5 Å². The largest absolute Gasteiger partial charge is 0.504 e. The molecule has 2 aromatic carbocycles. The Bertz CT molecular complexity index is 816. The molecular weight excluding hydrogens is 324 g/mol. The first-order valence-electron chi connectivity index (χ1n) is 7.46. The zero-order valence-electron chi connectivity index (χ0n) is 13.0. The van der Waals surface area contributed by atoms with Crippen LogP contribution in [0.5, 0.6) is 11.5 Å². The van der Waals surface area contributed by atoms with Crippen molar-refractivity contribution in [2.75, 3.05) is 6.61 Å². The molecule has 24 heavy (non-hydrogen) atoms. The van der Waals surface area contributed by atoms with Gasteiger partial charge < -0.3 is 15.2 Å². The Morgan fingerprint density at radius 1 is 1.25 bits per heavy atom. The molecule has 0 bridgehead atoms. The normalized spacial score (nSPS) is 17.3. The molecule has 1 amide bonds. The van der Waals surface area contributed by atoms with Crippen molar-refractivity contribution in [1.82, 2.24) is 5.32 Å². The van der Waals surface area contributed by atoms with Crippen LogP contribution >= 0.6 is 11.8 Å². The van der Waals surface area contributed by atoms with Crippen LogP contribution in [0.15, 0.2) is 58.4 Å². The van der Waals surface area contributed by atoms with Crippen LogP contribution < -0.4 is 10.1 Å². The van der Waals surface area contributed by atoms with Gasteiger partial charge in [0.15, 0.2) is 11.5 Å². The first-order valence-corrected chi connectivity index (χ1v) is 8.28. The molecule has 122 valence electrons. The highest BCUT2D eigenvalue weighted by Crippen LogP contribution is 2.32. The number of nitrogens with zero attached hydrogens (tertiary/aromatic N) is 1. The standard InChI is InChI=1S/C18H16N2O3S/c1-2-23-15-10-12(8-9-14(15)21)11-16-17(20-18(22)24-16)19-13-6-4-3-5-7-13/h3-11,21H,2H2,1H3,(H,19,20,22)/b16-11-. The van der Waals surface area contributed by atoms with Crippen molar-refractivity contribution in [2.24, 2.45) is 4.99 Å². The third-order valence-electron chi connectivity index (χ3n) is 3.24. The van der Waals surface area contributed by atoms with Crippen LogP contribution in [0, 0.1) is 0 Å². The first kappa shape index (κ1) is 16.1. The molecule has 2 N–H and O–H groups in total. The van der Waals surface area contributed by atoms with Gasteiger partial charge in [0.1, 0.15) is 5.84 Å². The number of carbonyl (C=O) groups excluding carboxylic acids is 1. The highest BCUT2D eigenvalue weighted by atomic mass is 32.2. The minimum atomic E-state index is -0.167. The van der Waals surface area contributed by atoms with Crippen molar-refractivity contribution < 1.29 is 14.6 Å². The number of hydrogen-bond donors (Lipinski definition) is 2. The predicted octanol–water partition coefficient (Wildman–Crippen LogP) is 4.32. The number of benzene rings is 2. The summed E-state index contributed by atoms with van der Waals surface area (Å²) in [5, 5.41) is 12.4. The van der Waals surface area contributed by atoms with E-state index in [1.807, 2.05) is 43.3 Å². The Balaban J connectivity index is 1.94. The van der Waals surface area contributed by atoms with Crippen molar-refractivity contribution >= 4 is 34.6 Å². The van der Waals surface area contributed by atoms with Gasteiger partial charge in [-0.05, 0) is 54.6 Å². The lowest BCUT2D eigenvalue weighted by Gasteiger charge is -2.06. The molecule has 1 aliphatic heterocycles. The topological polar surface area (TPSA) is 70.9 Å². The van der Waals surface area contributed by atoms with Crippen molar-refractivity contribution in [2.45, 2.75) is 6.92 Å². The van der Waals surface area contributed by atoms with E-state index in [2.05, 4.69) is 10.3 Å². The SMILES string of the molecule is CCOc1cc(/C=C2\SC(=O)NC2=Nc2ccccc2)ccc1O. The van der Waals surface area contributed by atoms with Crippen molar-refractivity contribution in [1.29, 1.82) is 0 Å². The van der Waals surface area contributed by atoms with Crippen LogP contribution in [0.2, 0.25) is 0 Å². The molecule has 0 saturated carbocycles. The lowest BCUT2D eigenvalue weighted by molar-refractivity contribution is 0.265. The Labute approximate surface area is 144 Å². The van der Waals surface area contributed by atoms with Crippen LogP contribution in [0.4, 0.5) is 10.5 Å². The Morgan fingerprint density at radius 2 is 2.04 bits per heavy atom. The summed E-state index contributed by atoms with van der Waals surface area (Å²) in [6.45, 7) is 2.31. The van der Waals surface area contributed by atoms with E-state index in [4.69, 9.17) is 4.74 Å². The second-order valence-electron chi connectivity index (χ2n) is 4.98. The molecule has 0 unspecified atom stereocenters. The van der Waals surface area contributed by atoms with Gasteiger partial charge in [0.05, 0.1) is 17.2 Å². The molecular formula is C18H16N2O3S. The minimum absolute atomic E-state index is 0.0884. The van der Waals surface area contributed by atoms with Gasteiger partial charge in [-0.25, -0.2) is 4.99 Å². The fourth-order valence-electron chi connectivity index (χ4n) is 2.19. The van der Waals surface area contributed by atoms with E-state index in [1.165, 1.54) is 0 Å². The number of phenols is 1. The quantitative estimate of drug-likeness (QED) is 0.869. The molecule has 6 heteroatoms. The summed E-state index contributed by atoms with van der Waals surface area (Å²) < 4.78 is 5.39. The van der Waals surface area contributed by atoms with Crippen molar-refractivity contribution in [3.05, 3.63) is 59.0 Å². The van der Waals surface area contributed by atoms with Crippen LogP contribution in [-0.4, -0.2) is 22.8 Å². The maximum atomic E-state index is 11.7. The van der Waals surface area contributed by atoms with Gasteiger partial charge in [0.2, 0.25) is 0 Å². The number of amidine groups is 1. The van der Waals surface area contributed by atoms with E-state index in [1.54, 1.807) is 18.2 Å². The lowest BCUT2D eigenvalue weighted by Crippen LogP contribution is -2.18. The second-order valence-corrected chi connectivity index (χ2v) is 5.99. The molecule has 0 spiro atoms. The number of thioether (sulfide) groups is 1. The fraction of sp³-hybridized carbons (Fsp3) is 0.111. The van der Waals surface area contributed by atoms with Crippen LogP contribution in [-0.2, 0) is 0 Å². The van der Waals surface area contributed by atoms with E-state index in [9.17, 15) is 9.90 Å². The Hall–Kier alpha value is -2.73. The second kappa shape index (κ2) is 7.23. The van der Waals surface area contributed by atoms with E-state index in [-0.39, 0.29) is 11.0 Å². The van der Waals surface area contributed by atoms with Crippen LogP contribution in [0.3, 0.4) is 0 Å². The molecule has 5 nitrogen and oxygen atoms in total. The van der Waals surface area contributed by atoms with E-state index >= 15 is 0 Å². The third kappa shape index (κ3) is 3.78. The Morgan fingerprint density at radius 3 is 2.79 bits per heavy atom. The van der Waals surface area contributed by atoms with Gasteiger partial charge in [-0.3, -0.25) is 4.79 Å². The maximum absolute atomic E-state index is 11.7. The number of amides is 1. The van der Waals surface area contributed by atoms with Crippen LogP contribution in [0.25, 0.3) is 6.08 Å². The molecule has 0 aliphatic carbocycles. The fourth-order valence-corrected chi connectivity index (χ4v) is 2.92. The number of rotatable bonds is 4. The molecule has 1 heterocycles. The first-order chi connectivity index (χ1) is 11.7. The number of hydrogen-bond acceptors (Lipinski definition) is 5. The summed E-state index contributed by atoms with van der Waals surface area (Å²) in [6, 6.07) is 14.5. The van der Waals surface area contributed by atoms with Gasteiger partial charge in [0.25, 0.3) is 5.24 Å². The number of para-hydroxylation sites is 1. The smallest absolute Gasteiger partial charge is 0.289 e. The lowest BCUT2D eigenvalue weighted by atomic mass is 10.2. The van der Waals surface area contributed by atoms with E-state index in [0.717, 1.165) is 27.9 Å². The number of aliphatic imine (C=N–C) groups is 1. The molecule has 1 aliphatic rings. The summed E-state index contributed by atoms with van der Waals surface area (Å²) in [5.74, 6) is 1.02. The zero-order chi connectivity index (χ0) is 16.9. The summed E-state index contributed by atoms with van der Waals surface area (Å²) in [4.78, 5) is 16.9. The molecule has 2 aromatic rings. The highest BCUT2D eigenvalue weighted by Gasteiger charge is 2.23. The molecule has 3 rings (SSSR count). The van der Waals surface area contributed by atoms with Gasteiger partial charge in [-0.2, -0.15) is 0 Å². The van der Waals surface area contributed by atoms with Gasteiger partial charge in [-0.15, -0.1) is 0 Å². The number of phenolic OH excluding ortho intramolecular Hbond substituents is 1. The molecule has 1 saturated heterocycles. The molecule has 0 atom stereocenters.